The minimum Gasteiger partial charge on any atom is -0.496 e. The number of hydrogen-bond acceptors (Lipinski definition) is 4. The number of likely N-dealkylation sites (N-methyl/N-ethyl adjacent to an activating group) is 2. The van der Waals surface area contributed by atoms with E-state index >= 15 is 0 Å². The molecule has 2 heterocycles. The van der Waals surface area contributed by atoms with Crippen molar-refractivity contribution in [3.8, 4) is 5.75 Å². The van der Waals surface area contributed by atoms with E-state index in [1.807, 2.05) is 25.2 Å². The maximum absolute atomic E-state index is 13.8. The predicted molar refractivity (Wildman–Crippen MR) is 113 cm³/mol. The molecule has 2 amide bonds. The summed E-state index contributed by atoms with van der Waals surface area (Å²) in [5.41, 5.74) is 0.583. The number of likely N-dealkylation sites (tertiary alicyclic amines) is 1. The lowest BCUT2D eigenvalue weighted by atomic mass is 9.78. The van der Waals surface area contributed by atoms with Crippen molar-refractivity contribution < 1.29 is 23.9 Å². The molecule has 0 aliphatic carbocycles. The Balaban J connectivity index is 2.11. The summed E-state index contributed by atoms with van der Waals surface area (Å²) in [5, 5.41) is 16.9. The Morgan fingerprint density at radius 1 is 1.30 bits per heavy atom. The summed E-state index contributed by atoms with van der Waals surface area (Å²) in [6, 6.07) is 11.7. The van der Waals surface area contributed by atoms with Gasteiger partial charge in [0.05, 0.1) is 37.5 Å². The van der Waals surface area contributed by atoms with E-state index in [2.05, 4.69) is 10.6 Å². The van der Waals surface area contributed by atoms with Crippen molar-refractivity contribution in [2.75, 3.05) is 33.1 Å². The van der Waals surface area contributed by atoms with Crippen LogP contribution in [0, 0.1) is 0 Å². The average Bonchev–Trinajstić information content (AvgIpc) is 3.21. The Hall–Kier alpha value is -2.61. The molecule has 30 heavy (non-hydrogen) atoms. The third-order valence-corrected chi connectivity index (χ3v) is 6.83. The van der Waals surface area contributed by atoms with Crippen molar-refractivity contribution >= 4 is 29.1 Å². The van der Waals surface area contributed by atoms with E-state index in [0.717, 1.165) is 0 Å². The molecule has 0 aromatic heterocycles. The van der Waals surface area contributed by atoms with Crippen LogP contribution < -0.4 is 15.4 Å². The van der Waals surface area contributed by atoms with E-state index in [9.17, 15) is 14.7 Å². The van der Waals surface area contributed by atoms with Crippen molar-refractivity contribution in [3.63, 3.8) is 0 Å². The monoisotopic (exact) mass is 430 g/mol. The smallest absolute Gasteiger partial charge is 0.295 e. The second-order valence-corrected chi connectivity index (χ2v) is 8.40. The van der Waals surface area contributed by atoms with Gasteiger partial charge in [-0.1, -0.05) is 23.7 Å². The van der Waals surface area contributed by atoms with Crippen LogP contribution in [0.1, 0.15) is 17.5 Å². The zero-order valence-electron chi connectivity index (χ0n) is 17.1. The maximum Gasteiger partial charge on any atom is 0.295 e. The number of nitrogens with zero attached hydrogens (tertiary/aromatic N) is 1. The summed E-state index contributed by atoms with van der Waals surface area (Å²) >= 11 is 6.36. The molecule has 2 aromatic rings. The Kier molecular flexibility index (Phi) is 5.00. The van der Waals surface area contributed by atoms with Gasteiger partial charge in [0.2, 0.25) is 5.54 Å². The highest BCUT2D eigenvalue weighted by molar-refractivity contribution is 6.31. The van der Waals surface area contributed by atoms with Crippen LogP contribution in [-0.2, 0) is 15.1 Å². The molecule has 1 saturated heterocycles. The van der Waals surface area contributed by atoms with Crippen LogP contribution in [0.5, 0.6) is 5.75 Å². The molecule has 0 spiro atoms. The number of halogens is 1. The molecule has 158 valence electrons. The fourth-order valence-electron chi connectivity index (χ4n) is 5.29. The van der Waals surface area contributed by atoms with E-state index in [1.54, 1.807) is 31.4 Å². The molecule has 2 aromatic carbocycles. The van der Waals surface area contributed by atoms with Crippen LogP contribution in [0.4, 0.5) is 5.69 Å². The third-order valence-electron chi connectivity index (χ3n) is 6.59. The van der Waals surface area contributed by atoms with Gasteiger partial charge in [-0.05, 0) is 30.3 Å². The van der Waals surface area contributed by atoms with Crippen molar-refractivity contribution in [2.24, 2.45) is 0 Å². The third kappa shape index (κ3) is 2.59. The first-order chi connectivity index (χ1) is 14.3. The van der Waals surface area contributed by atoms with Crippen molar-refractivity contribution in [3.05, 3.63) is 58.6 Å². The van der Waals surface area contributed by atoms with Gasteiger partial charge < -0.3 is 20.5 Å². The second kappa shape index (κ2) is 7.27. The normalized spacial score (nSPS) is 30.0. The lowest BCUT2D eigenvalue weighted by Gasteiger charge is -2.48. The Morgan fingerprint density at radius 3 is 2.73 bits per heavy atom. The van der Waals surface area contributed by atoms with Crippen molar-refractivity contribution in [2.45, 2.75) is 24.1 Å². The Labute approximate surface area is 180 Å². The van der Waals surface area contributed by atoms with Crippen LogP contribution in [0.2, 0.25) is 5.02 Å². The van der Waals surface area contributed by atoms with E-state index in [1.165, 1.54) is 7.05 Å². The van der Waals surface area contributed by atoms with Crippen LogP contribution in [-0.4, -0.2) is 61.3 Å². The summed E-state index contributed by atoms with van der Waals surface area (Å²) in [4.78, 5) is 26.8. The number of rotatable bonds is 4. The molecule has 8 heteroatoms. The summed E-state index contributed by atoms with van der Waals surface area (Å²) < 4.78 is 5.61. The number of para-hydroxylation sites is 1. The van der Waals surface area contributed by atoms with E-state index < -0.39 is 17.7 Å². The first-order valence-electron chi connectivity index (χ1n) is 9.81. The standard InChI is InChI=1S/C22H24ClN3O4/c1-24-20(28)19-17(27)10-11-26(19,2)22(14-6-4-5-7-18(14)30-3)15-12-13(23)8-9-16(15)25-21(22)29/h4-9,12,17,19,27H,10-11H2,1-3H3,(H-,24,25,28,29)/p+1/t17-,19-,22?,26?/m0/s1. The Morgan fingerprint density at radius 2 is 2.03 bits per heavy atom. The highest BCUT2D eigenvalue weighted by atomic mass is 35.5. The zero-order valence-corrected chi connectivity index (χ0v) is 17.9. The van der Waals surface area contributed by atoms with E-state index in [-0.39, 0.29) is 16.3 Å². The average molecular weight is 431 g/mol. The summed E-state index contributed by atoms with van der Waals surface area (Å²) in [7, 11) is 4.93. The molecule has 2 unspecified atom stereocenters. The highest BCUT2D eigenvalue weighted by Crippen LogP contribution is 2.54. The number of ether oxygens (including phenoxy) is 1. The highest BCUT2D eigenvalue weighted by Gasteiger charge is 2.69. The number of aliphatic hydroxyl groups is 1. The number of hydrogen-bond donors (Lipinski definition) is 3. The van der Waals surface area contributed by atoms with Crippen LogP contribution in [0.3, 0.4) is 0 Å². The molecular formula is C22H25ClN3O4+. The predicted octanol–water partition coefficient (Wildman–Crippen LogP) is 1.87. The molecule has 2 aliphatic heterocycles. The van der Waals surface area contributed by atoms with Gasteiger partial charge in [0.15, 0.2) is 6.04 Å². The van der Waals surface area contributed by atoms with E-state index in [0.29, 0.717) is 40.6 Å². The maximum atomic E-state index is 13.8. The van der Waals surface area contributed by atoms with Gasteiger partial charge in [0.25, 0.3) is 11.8 Å². The summed E-state index contributed by atoms with van der Waals surface area (Å²) in [6.45, 7) is 0.413. The summed E-state index contributed by atoms with van der Waals surface area (Å²) in [5.74, 6) is -0.0771. The van der Waals surface area contributed by atoms with Gasteiger partial charge >= 0.3 is 0 Å². The quantitative estimate of drug-likeness (QED) is 0.646. The fourth-order valence-corrected chi connectivity index (χ4v) is 5.46. The van der Waals surface area contributed by atoms with Gasteiger partial charge in [-0.2, -0.15) is 0 Å². The molecule has 0 saturated carbocycles. The Bertz CT molecular complexity index is 1030. The van der Waals surface area contributed by atoms with Crippen LogP contribution in [0.15, 0.2) is 42.5 Å². The number of anilines is 1. The molecular weight excluding hydrogens is 406 g/mol. The molecule has 7 nitrogen and oxygen atoms in total. The molecule has 4 atom stereocenters. The van der Waals surface area contributed by atoms with Crippen molar-refractivity contribution in [1.29, 1.82) is 0 Å². The lowest BCUT2D eigenvalue weighted by Crippen LogP contribution is -2.69. The van der Waals surface area contributed by atoms with Crippen molar-refractivity contribution in [1.82, 2.24) is 5.32 Å². The second-order valence-electron chi connectivity index (χ2n) is 7.96. The van der Waals surface area contributed by atoms with Gasteiger partial charge in [0.1, 0.15) is 11.9 Å². The number of carbonyl (C=O) groups excluding carboxylic acids is 2. The number of methoxy groups -OCH3 is 1. The van der Waals surface area contributed by atoms with Gasteiger partial charge in [0, 0.05) is 18.5 Å². The van der Waals surface area contributed by atoms with Gasteiger partial charge in [-0.15, -0.1) is 0 Å². The molecule has 0 radical (unpaired) electrons. The minimum absolute atomic E-state index is 0.0343. The first kappa shape index (κ1) is 20.7. The zero-order chi connectivity index (χ0) is 21.7. The molecule has 3 N–H and O–H groups in total. The van der Waals surface area contributed by atoms with Gasteiger partial charge in [-0.3, -0.25) is 14.1 Å². The first-order valence-corrected chi connectivity index (χ1v) is 10.2. The number of nitrogens with one attached hydrogen (secondary N) is 2. The number of aliphatic hydroxyl groups excluding tert-OH is 1. The number of quaternary nitrogens is 1. The number of carbonyl (C=O) groups is 2. The fraction of sp³-hybridized carbons (Fsp3) is 0.364. The molecule has 2 aliphatic rings. The summed E-state index contributed by atoms with van der Waals surface area (Å²) in [6.07, 6.45) is -0.508. The van der Waals surface area contributed by atoms with Gasteiger partial charge in [-0.25, -0.2) is 0 Å². The molecule has 0 bridgehead atoms. The number of fused-ring (bicyclic) bond motifs is 1. The van der Waals surface area contributed by atoms with E-state index in [4.69, 9.17) is 16.3 Å². The number of benzene rings is 2. The van der Waals surface area contributed by atoms with Crippen LogP contribution in [0.25, 0.3) is 0 Å². The number of amides is 2. The van der Waals surface area contributed by atoms with Crippen LogP contribution >= 0.6 is 11.6 Å². The molecule has 1 fully saturated rings. The minimum atomic E-state index is -1.33. The lowest BCUT2D eigenvalue weighted by molar-refractivity contribution is -0.954. The molecule has 4 rings (SSSR count). The topological polar surface area (TPSA) is 87.7 Å². The largest absolute Gasteiger partial charge is 0.496 e. The SMILES string of the molecule is CNC(=O)[C@@H]1[C@@H](O)CC[N+]1(C)C1(c2ccccc2OC)C(=O)Nc2ccc(Cl)cc21.